The van der Waals surface area contributed by atoms with Gasteiger partial charge in [0.2, 0.25) is 0 Å². The number of ether oxygens (including phenoxy) is 2. The van der Waals surface area contributed by atoms with Crippen molar-refractivity contribution in [2.45, 2.75) is 18.6 Å². The summed E-state index contributed by atoms with van der Waals surface area (Å²) in [5.41, 5.74) is 0.521. The standard InChI is InChI=1S/C15H22N2O4/c1-20-10-13(18)5-6-17-9-14(19)11-21-15-4-2-3-12(7-15)8-16/h2-4,7,13-14,17-19H,5-6,9-11H2,1H3. The molecule has 0 spiro atoms. The highest BCUT2D eigenvalue weighted by atomic mass is 16.5. The highest BCUT2D eigenvalue weighted by Crippen LogP contribution is 2.12. The zero-order chi connectivity index (χ0) is 15.5. The van der Waals surface area contributed by atoms with Crippen LogP contribution in [0.2, 0.25) is 0 Å². The molecule has 0 amide bonds. The highest BCUT2D eigenvalue weighted by molar-refractivity contribution is 5.36. The summed E-state index contributed by atoms with van der Waals surface area (Å²) in [5, 5.41) is 31.0. The Labute approximate surface area is 124 Å². The van der Waals surface area contributed by atoms with E-state index < -0.39 is 12.2 Å². The van der Waals surface area contributed by atoms with Crippen molar-refractivity contribution >= 4 is 0 Å². The first-order chi connectivity index (χ1) is 10.2. The Morgan fingerprint density at radius 3 is 2.81 bits per heavy atom. The molecule has 1 aromatic rings. The van der Waals surface area contributed by atoms with Crippen molar-refractivity contribution in [3.63, 3.8) is 0 Å². The molecule has 2 unspecified atom stereocenters. The molecule has 3 N–H and O–H groups in total. The lowest BCUT2D eigenvalue weighted by Crippen LogP contribution is -2.33. The molecule has 2 atom stereocenters. The molecular weight excluding hydrogens is 272 g/mol. The van der Waals surface area contributed by atoms with Gasteiger partial charge in [-0.25, -0.2) is 0 Å². The van der Waals surface area contributed by atoms with E-state index in [1.54, 1.807) is 31.4 Å². The average Bonchev–Trinajstić information content (AvgIpc) is 2.50. The molecule has 0 bridgehead atoms. The topological polar surface area (TPSA) is 94.7 Å². The fourth-order valence-corrected chi connectivity index (χ4v) is 1.72. The van der Waals surface area contributed by atoms with Crippen LogP contribution in [0, 0.1) is 11.3 Å². The molecule has 0 aliphatic rings. The van der Waals surface area contributed by atoms with Crippen molar-refractivity contribution in [1.82, 2.24) is 5.32 Å². The monoisotopic (exact) mass is 294 g/mol. The third-order valence-electron chi connectivity index (χ3n) is 2.80. The second kappa shape index (κ2) is 10.1. The van der Waals surface area contributed by atoms with E-state index in [0.29, 0.717) is 37.4 Å². The van der Waals surface area contributed by atoms with Crippen LogP contribution in [0.1, 0.15) is 12.0 Å². The number of nitrogens with one attached hydrogen (secondary N) is 1. The average molecular weight is 294 g/mol. The minimum Gasteiger partial charge on any atom is -0.491 e. The molecule has 0 heterocycles. The summed E-state index contributed by atoms with van der Waals surface area (Å²) < 4.78 is 10.2. The van der Waals surface area contributed by atoms with Gasteiger partial charge in [-0.15, -0.1) is 0 Å². The Balaban J connectivity index is 2.16. The highest BCUT2D eigenvalue weighted by Gasteiger charge is 2.07. The van der Waals surface area contributed by atoms with E-state index >= 15 is 0 Å². The summed E-state index contributed by atoms with van der Waals surface area (Å²) in [6.45, 7) is 1.41. The molecule has 0 fully saturated rings. The third-order valence-corrected chi connectivity index (χ3v) is 2.80. The van der Waals surface area contributed by atoms with Gasteiger partial charge in [-0.3, -0.25) is 0 Å². The van der Waals surface area contributed by atoms with Crippen molar-refractivity contribution in [3.05, 3.63) is 29.8 Å². The molecule has 0 saturated heterocycles. The van der Waals surface area contributed by atoms with Gasteiger partial charge in [0, 0.05) is 13.7 Å². The lowest BCUT2D eigenvalue weighted by atomic mass is 10.2. The molecule has 6 heteroatoms. The maximum Gasteiger partial charge on any atom is 0.120 e. The maximum atomic E-state index is 9.77. The number of rotatable bonds is 10. The van der Waals surface area contributed by atoms with E-state index in [0.717, 1.165) is 0 Å². The van der Waals surface area contributed by atoms with Crippen LogP contribution in [-0.4, -0.2) is 55.8 Å². The Hall–Kier alpha value is -1.65. The van der Waals surface area contributed by atoms with Gasteiger partial charge in [0.15, 0.2) is 0 Å². The quantitative estimate of drug-likeness (QED) is 0.537. The molecule has 1 aromatic carbocycles. The summed E-state index contributed by atoms with van der Waals surface area (Å²) in [6.07, 6.45) is -0.592. The van der Waals surface area contributed by atoms with Crippen molar-refractivity contribution in [1.29, 1.82) is 5.26 Å². The third kappa shape index (κ3) is 7.63. The fourth-order valence-electron chi connectivity index (χ4n) is 1.72. The zero-order valence-electron chi connectivity index (χ0n) is 12.2. The zero-order valence-corrected chi connectivity index (χ0v) is 12.2. The molecule has 0 aromatic heterocycles. The van der Waals surface area contributed by atoms with Gasteiger partial charge in [-0.05, 0) is 31.2 Å². The van der Waals surface area contributed by atoms with Gasteiger partial charge in [-0.1, -0.05) is 6.07 Å². The normalized spacial score (nSPS) is 13.4. The first-order valence-electron chi connectivity index (χ1n) is 6.84. The van der Waals surface area contributed by atoms with Gasteiger partial charge >= 0.3 is 0 Å². The summed E-state index contributed by atoms with van der Waals surface area (Å²) >= 11 is 0. The number of hydrogen-bond donors (Lipinski definition) is 3. The van der Waals surface area contributed by atoms with Gasteiger partial charge in [0.25, 0.3) is 0 Å². The Bertz CT molecular complexity index is 448. The largest absolute Gasteiger partial charge is 0.491 e. The second-order valence-corrected chi connectivity index (χ2v) is 4.71. The van der Waals surface area contributed by atoms with Crippen LogP contribution in [0.3, 0.4) is 0 Å². The van der Waals surface area contributed by atoms with Crippen molar-refractivity contribution in [2.75, 3.05) is 33.4 Å². The van der Waals surface area contributed by atoms with E-state index in [1.807, 2.05) is 6.07 Å². The second-order valence-electron chi connectivity index (χ2n) is 4.71. The molecule has 0 radical (unpaired) electrons. The van der Waals surface area contributed by atoms with E-state index in [2.05, 4.69) is 5.32 Å². The van der Waals surface area contributed by atoms with Crippen LogP contribution in [-0.2, 0) is 4.74 Å². The number of nitriles is 1. The summed E-state index contributed by atoms with van der Waals surface area (Å²) in [6, 6.07) is 8.82. The van der Waals surface area contributed by atoms with Crippen LogP contribution in [0.4, 0.5) is 0 Å². The van der Waals surface area contributed by atoms with Crippen molar-refractivity contribution in [2.24, 2.45) is 0 Å². The predicted molar refractivity (Wildman–Crippen MR) is 78.0 cm³/mol. The Kier molecular flexibility index (Phi) is 8.40. The summed E-state index contributed by atoms with van der Waals surface area (Å²) in [7, 11) is 1.54. The first-order valence-corrected chi connectivity index (χ1v) is 6.84. The summed E-state index contributed by atoms with van der Waals surface area (Å²) in [5.74, 6) is 0.559. The minimum atomic E-state index is -0.657. The lowest BCUT2D eigenvalue weighted by molar-refractivity contribution is 0.0577. The van der Waals surface area contributed by atoms with Crippen molar-refractivity contribution < 1.29 is 19.7 Å². The Morgan fingerprint density at radius 1 is 1.29 bits per heavy atom. The minimum absolute atomic E-state index is 0.141. The molecule has 21 heavy (non-hydrogen) atoms. The summed E-state index contributed by atoms with van der Waals surface area (Å²) in [4.78, 5) is 0. The fraction of sp³-hybridized carbons (Fsp3) is 0.533. The number of aliphatic hydroxyl groups is 2. The van der Waals surface area contributed by atoms with Gasteiger partial charge in [-0.2, -0.15) is 5.26 Å². The smallest absolute Gasteiger partial charge is 0.120 e. The Morgan fingerprint density at radius 2 is 2.10 bits per heavy atom. The number of nitrogens with zero attached hydrogens (tertiary/aromatic N) is 1. The number of benzene rings is 1. The van der Waals surface area contributed by atoms with E-state index in [9.17, 15) is 10.2 Å². The SMILES string of the molecule is COCC(O)CCNCC(O)COc1cccc(C#N)c1. The molecule has 6 nitrogen and oxygen atoms in total. The molecule has 0 aliphatic heterocycles. The lowest BCUT2D eigenvalue weighted by Gasteiger charge is -2.14. The van der Waals surface area contributed by atoms with E-state index in [4.69, 9.17) is 14.7 Å². The maximum absolute atomic E-state index is 9.77. The van der Waals surface area contributed by atoms with E-state index in [-0.39, 0.29) is 6.61 Å². The molecule has 116 valence electrons. The van der Waals surface area contributed by atoms with Gasteiger partial charge in [0.05, 0.1) is 24.3 Å². The predicted octanol–water partition coefficient (Wildman–Crippen LogP) is 0.285. The molecule has 0 saturated carbocycles. The van der Waals surface area contributed by atoms with Gasteiger partial charge in [0.1, 0.15) is 18.5 Å². The van der Waals surface area contributed by atoms with Crippen LogP contribution in [0.25, 0.3) is 0 Å². The number of methoxy groups -OCH3 is 1. The first kappa shape index (κ1) is 17.4. The number of aliphatic hydroxyl groups excluding tert-OH is 2. The van der Waals surface area contributed by atoms with Gasteiger partial charge < -0.3 is 25.0 Å². The van der Waals surface area contributed by atoms with Crippen LogP contribution in [0.5, 0.6) is 5.75 Å². The molecule has 1 rings (SSSR count). The number of hydrogen-bond acceptors (Lipinski definition) is 6. The van der Waals surface area contributed by atoms with Crippen LogP contribution in [0.15, 0.2) is 24.3 Å². The van der Waals surface area contributed by atoms with Crippen LogP contribution >= 0.6 is 0 Å². The molecular formula is C15H22N2O4. The van der Waals surface area contributed by atoms with Crippen LogP contribution < -0.4 is 10.1 Å². The molecule has 0 aliphatic carbocycles. The van der Waals surface area contributed by atoms with E-state index in [1.165, 1.54) is 0 Å². The van der Waals surface area contributed by atoms with Crippen molar-refractivity contribution in [3.8, 4) is 11.8 Å².